The van der Waals surface area contributed by atoms with Gasteiger partial charge in [0.2, 0.25) is 0 Å². The zero-order chi connectivity index (χ0) is 13.4. The Labute approximate surface area is 116 Å². The summed E-state index contributed by atoms with van der Waals surface area (Å²) in [7, 11) is 0. The topological polar surface area (TPSA) is 73.8 Å². The smallest absolute Gasteiger partial charge is 0.147 e. The molecule has 8 heteroatoms. The van der Waals surface area contributed by atoms with Gasteiger partial charge in [0, 0.05) is 0 Å². The van der Waals surface area contributed by atoms with Crippen molar-refractivity contribution in [1.29, 1.82) is 0 Å². The summed E-state index contributed by atoms with van der Waals surface area (Å²) in [5, 5.41) is 0. The van der Waals surface area contributed by atoms with E-state index < -0.39 is 0 Å². The van der Waals surface area contributed by atoms with Crippen molar-refractivity contribution in [2.45, 2.75) is 36.6 Å². The molecule has 0 aliphatic carbocycles. The van der Waals surface area contributed by atoms with Crippen LogP contribution in [0.1, 0.15) is 0 Å². The maximum absolute atomic E-state index is 5.73. The van der Waals surface area contributed by atoms with Crippen LogP contribution >= 0.6 is 0 Å². The monoisotopic (exact) mass is 290 g/mol. The lowest BCUT2D eigenvalue weighted by molar-refractivity contribution is -0.359. The van der Waals surface area contributed by atoms with Crippen molar-refractivity contribution in [2.24, 2.45) is 0 Å². The molecular formula is C12H18O8. The number of hydrogen-bond acceptors (Lipinski definition) is 8. The fourth-order valence-electron chi connectivity index (χ4n) is 3.05. The Morgan fingerprint density at radius 1 is 0.450 bits per heavy atom. The van der Waals surface area contributed by atoms with Gasteiger partial charge in [-0.2, -0.15) is 0 Å². The first-order chi connectivity index (χ1) is 9.93. The molecule has 0 amide bonds. The van der Waals surface area contributed by atoms with E-state index in [1.54, 1.807) is 0 Å². The lowest BCUT2D eigenvalue weighted by atomic mass is 9.94. The third-order valence-electron chi connectivity index (χ3n) is 4.04. The summed E-state index contributed by atoms with van der Waals surface area (Å²) >= 11 is 0. The second-order valence-corrected chi connectivity index (χ2v) is 5.15. The minimum absolute atomic E-state index is 0.132. The Hall–Kier alpha value is -0.320. The highest BCUT2D eigenvalue weighted by Gasteiger charge is 2.50. The Bertz CT molecular complexity index is 303. The average molecular weight is 290 g/mol. The van der Waals surface area contributed by atoms with Gasteiger partial charge in [-0.25, -0.2) is 0 Å². The lowest BCUT2D eigenvalue weighted by Crippen LogP contribution is -2.64. The summed E-state index contributed by atoms with van der Waals surface area (Å²) in [6, 6.07) is 0. The fraction of sp³-hybridized carbons (Fsp3) is 1.00. The third kappa shape index (κ3) is 2.36. The number of hydrogen-bond donors (Lipinski definition) is 0. The first-order valence-electron chi connectivity index (χ1n) is 6.78. The first kappa shape index (κ1) is 13.4. The van der Waals surface area contributed by atoms with Gasteiger partial charge in [-0.15, -0.1) is 0 Å². The van der Waals surface area contributed by atoms with Gasteiger partial charge < -0.3 is 37.9 Å². The van der Waals surface area contributed by atoms with Crippen LogP contribution in [0, 0.1) is 0 Å². The molecule has 8 nitrogen and oxygen atoms in total. The molecule has 6 atom stereocenters. The largest absolute Gasteiger partial charge is 0.353 e. The molecule has 0 radical (unpaired) electrons. The van der Waals surface area contributed by atoms with Gasteiger partial charge in [0.15, 0.2) is 0 Å². The standard InChI is InChI=1S/C12H18O8/c1-7-9(17-3-13-1)11(19-5-15-7)12-10-8(16-6-20-12)2-14-4-18-10/h7-12H,1-6H2. The Balaban J connectivity index is 1.52. The zero-order valence-electron chi connectivity index (χ0n) is 11.0. The van der Waals surface area contributed by atoms with E-state index in [2.05, 4.69) is 0 Å². The minimum atomic E-state index is -0.257. The predicted molar refractivity (Wildman–Crippen MR) is 60.6 cm³/mol. The zero-order valence-corrected chi connectivity index (χ0v) is 11.0. The van der Waals surface area contributed by atoms with Gasteiger partial charge in [0.1, 0.15) is 63.8 Å². The average Bonchev–Trinajstić information content (AvgIpc) is 2.54. The molecule has 0 N–H and O–H groups in total. The van der Waals surface area contributed by atoms with Crippen LogP contribution < -0.4 is 0 Å². The van der Waals surface area contributed by atoms with Crippen LogP contribution in [0.4, 0.5) is 0 Å². The molecule has 4 fully saturated rings. The Morgan fingerprint density at radius 2 is 0.900 bits per heavy atom. The van der Waals surface area contributed by atoms with Gasteiger partial charge in [0.05, 0.1) is 13.2 Å². The van der Waals surface area contributed by atoms with Gasteiger partial charge in [-0.3, -0.25) is 0 Å². The lowest BCUT2D eigenvalue weighted by Gasteiger charge is -2.48. The van der Waals surface area contributed by atoms with E-state index >= 15 is 0 Å². The highest BCUT2D eigenvalue weighted by atomic mass is 16.8. The van der Waals surface area contributed by atoms with Crippen molar-refractivity contribution in [3.05, 3.63) is 0 Å². The maximum Gasteiger partial charge on any atom is 0.147 e. The molecule has 20 heavy (non-hydrogen) atoms. The summed E-state index contributed by atoms with van der Waals surface area (Å²) in [6.45, 7) is 1.90. The molecule has 4 rings (SSSR count). The normalized spacial score (nSPS) is 49.2. The van der Waals surface area contributed by atoms with Crippen molar-refractivity contribution >= 4 is 0 Å². The molecule has 0 saturated carbocycles. The molecule has 0 aromatic rings. The number of ether oxygens (including phenoxy) is 8. The molecule has 4 heterocycles. The van der Waals surface area contributed by atoms with Gasteiger partial charge in [-0.1, -0.05) is 0 Å². The Kier molecular flexibility index (Phi) is 3.88. The van der Waals surface area contributed by atoms with Crippen LogP contribution in [-0.4, -0.2) is 77.0 Å². The van der Waals surface area contributed by atoms with E-state index in [1.807, 2.05) is 0 Å². The van der Waals surface area contributed by atoms with E-state index in [-0.39, 0.29) is 63.8 Å². The second-order valence-electron chi connectivity index (χ2n) is 5.15. The minimum Gasteiger partial charge on any atom is -0.353 e. The quantitative estimate of drug-likeness (QED) is 0.622. The van der Waals surface area contributed by atoms with Crippen LogP contribution in [0.15, 0.2) is 0 Å². The van der Waals surface area contributed by atoms with Crippen molar-refractivity contribution in [1.82, 2.24) is 0 Å². The Morgan fingerprint density at radius 3 is 1.40 bits per heavy atom. The van der Waals surface area contributed by atoms with Crippen molar-refractivity contribution in [2.75, 3.05) is 40.4 Å². The third-order valence-corrected chi connectivity index (χ3v) is 4.04. The van der Waals surface area contributed by atoms with E-state index in [1.165, 1.54) is 0 Å². The summed E-state index contributed by atoms with van der Waals surface area (Å²) in [5.41, 5.74) is 0. The van der Waals surface area contributed by atoms with Crippen LogP contribution in [0.25, 0.3) is 0 Å². The summed E-state index contributed by atoms with van der Waals surface area (Å²) in [4.78, 5) is 0. The van der Waals surface area contributed by atoms with Crippen molar-refractivity contribution in [3.63, 3.8) is 0 Å². The summed E-state index contributed by atoms with van der Waals surface area (Å²) < 4.78 is 44.3. The van der Waals surface area contributed by atoms with Crippen LogP contribution in [0.3, 0.4) is 0 Å². The van der Waals surface area contributed by atoms with Gasteiger partial charge in [-0.05, 0) is 0 Å². The molecule has 0 bridgehead atoms. The molecule has 0 aromatic heterocycles. The highest BCUT2D eigenvalue weighted by molar-refractivity contribution is 4.96. The van der Waals surface area contributed by atoms with E-state index in [4.69, 9.17) is 37.9 Å². The van der Waals surface area contributed by atoms with Crippen molar-refractivity contribution < 1.29 is 37.9 Å². The summed E-state index contributed by atoms with van der Waals surface area (Å²) in [5.74, 6) is 0. The molecule has 4 aliphatic rings. The number of fused-ring (bicyclic) bond motifs is 2. The van der Waals surface area contributed by atoms with Crippen LogP contribution in [-0.2, 0) is 37.9 Å². The molecule has 0 spiro atoms. The predicted octanol–water partition coefficient (Wildman–Crippen LogP) is -0.785. The van der Waals surface area contributed by atoms with Crippen LogP contribution in [0.5, 0.6) is 0 Å². The maximum atomic E-state index is 5.73. The highest BCUT2D eigenvalue weighted by Crippen LogP contribution is 2.31. The van der Waals surface area contributed by atoms with Gasteiger partial charge in [0.25, 0.3) is 0 Å². The molecular weight excluding hydrogens is 272 g/mol. The summed E-state index contributed by atoms with van der Waals surface area (Å²) in [6.07, 6.45) is -1.21. The van der Waals surface area contributed by atoms with Crippen molar-refractivity contribution in [3.8, 4) is 0 Å². The van der Waals surface area contributed by atoms with E-state index in [0.29, 0.717) is 13.2 Å². The fourth-order valence-corrected chi connectivity index (χ4v) is 3.05. The van der Waals surface area contributed by atoms with E-state index in [9.17, 15) is 0 Å². The number of rotatable bonds is 1. The van der Waals surface area contributed by atoms with E-state index in [0.717, 1.165) is 0 Å². The molecule has 6 unspecified atom stereocenters. The molecule has 4 aliphatic heterocycles. The SMILES string of the molecule is C1OCC2OCOC(C3OCOC4COCOC43)C2O1. The van der Waals surface area contributed by atoms with Crippen LogP contribution in [0.2, 0.25) is 0 Å². The second kappa shape index (κ2) is 5.82. The molecule has 114 valence electrons. The first-order valence-corrected chi connectivity index (χ1v) is 6.78. The molecule has 4 saturated heterocycles. The molecule has 0 aromatic carbocycles. The van der Waals surface area contributed by atoms with Gasteiger partial charge >= 0.3 is 0 Å².